The molecule has 1 aliphatic carbocycles. The Bertz CT molecular complexity index is 175. The Kier molecular flexibility index (Phi) is 4.04. The van der Waals surface area contributed by atoms with E-state index in [0.717, 1.165) is 12.0 Å². The minimum Gasteiger partial charge on any atom is -0.330 e. The second-order valence-corrected chi connectivity index (χ2v) is 5.62. The largest absolute Gasteiger partial charge is 0.330 e. The Morgan fingerprint density at radius 1 is 0.933 bits per heavy atom. The zero-order valence-electron chi connectivity index (χ0n) is 10.0. The summed E-state index contributed by atoms with van der Waals surface area (Å²) in [7, 11) is 0. The Labute approximate surface area is 94.2 Å². The number of rotatable bonds is 4. The molecule has 1 heterocycles. The molecule has 1 aliphatic heterocycles. The third kappa shape index (κ3) is 2.94. The molecule has 2 rings (SSSR count). The van der Waals surface area contributed by atoms with E-state index in [4.69, 9.17) is 5.73 Å². The van der Waals surface area contributed by atoms with Crippen molar-refractivity contribution in [3.05, 3.63) is 0 Å². The van der Waals surface area contributed by atoms with Crippen molar-refractivity contribution in [3.8, 4) is 0 Å². The predicted octanol–water partition coefficient (Wildman–Crippen LogP) is 2.38. The Hall–Kier alpha value is -0.0800. The van der Waals surface area contributed by atoms with Gasteiger partial charge < -0.3 is 10.6 Å². The first kappa shape index (κ1) is 11.4. The van der Waals surface area contributed by atoms with Crippen molar-refractivity contribution in [1.82, 2.24) is 4.90 Å². The van der Waals surface area contributed by atoms with E-state index >= 15 is 0 Å². The molecule has 0 unspecified atom stereocenters. The molecule has 0 amide bonds. The summed E-state index contributed by atoms with van der Waals surface area (Å²) < 4.78 is 0. The van der Waals surface area contributed by atoms with E-state index in [1.54, 1.807) is 0 Å². The topological polar surface area (TPSA) is 29.3 Å². The van der Waals surface area contributed by atoms with Crippen LogP contribution in [0.3, 0.4) is 0 Å². The number of hydrogen-bond acceptors (Lipinski definition) is 2. The van der Waals surface area contributed by atoms with E-state index in [0.29, 0.717) is 0 Å². The average molecular weight is 210 g/mol. The quantitative estimate of drug-likeness (QED) is 0.722. The fraction of sp³-hybridized carbons (Fsp3) is 1.00. The van der Waals surface area contributed by atoms with E-state index in [1.807, 2.05) is 0 Å². The minimum absolute atomic E-state index is 0.749. The van der Waals surface area contributed by atoms with Gasteiger partial charge in [-0.05, 0) is 44.2 Å². The third-order valence-electron chi connectivity index (χ3n) is 4.21. The molecule has 1 spiro atoms. The Morgan fingerprint density at radius 2 is 1.60 bits per heavy atom. The molecule has 0 aromatic heterocycles. The molecule has 0 radical (unpaired) electrons. The van der Waals surface area contributed by atoms with Crippen LogP contribution in [0.5, 0.6) is 0 Å². The summed E-state index contributed by atoms with van der Waals surface area (Å²) in [5.74, 6) is 0. The van der Waals surface area contributed by atoms with Gasteiger partial charge in [0.25, 0.3) is 0 Å². The van der Waals surface area contributed by atoms with Crippen molar-refractivity contribution in [2.45, 2.75) is 51.4 Å². The second-order valence-electron chi connectivity index (χ2n) is 5.62. The van der Waals surface area contributed by atoms with Gasteiger partial charge in [-0.1, -0.05) is 25.7 Å². The first-order valence-electron chi connectivity index (χ1n) is 6.77. The number of unbranched alkanes of at least 4 members (excludes halogenated alkanes) is 1. The lowest BCUT2D eigenvalue weighted by Crippen LogP contribution is -2.56. The standard InChI is InChI=1S/C13H26N2/c14-9-5-6-10-15-11-13(12-15)7-3-1-2-4-8-13/h1-12,14H2. The highest BCUT2D eigenvalue weighted by Crippen LogP contribution is 2.42. The summed E-state index contributed by atoms with van der Waals surface area (Å²) in [6.07, 6.45) is 11.4. The van der Waals surface area contributed by atoms with E-state index in [-0.39, 0.29) is 0 Å². The van der Waals surface area contributed by atoms with Crippen LogP contribution >= 0.6 is 0 Å². The third-order valence-corrected chi connectivity index (χ3v) is 4.21. The first-order valence-corrected chi connectivity index (χ1v) is 6.77. The maximum absolute atomic E-state index is 5.51. The van der Waals surface area contributed by atoms with Gasteiger partial charge in [0.05, 0.1) is 0 Å². The van der Waals surface area contributed by atoms with E-state index in [9.17, 15) is 0 Å². The van der Waals surface area contributed by atoms with Crippen molar-refractivity contribution >= 4 is 0 Å². The van der Waals surface area contributed by atoms with Gasteiger partial charge in [0.2, 0.25) is 0 Å². The molecule has 0 aromatic rings. The van der Waals surface area contributed by atoms with Crippen molar-refractivity contribution in [1.29, 1.82) is 0 Å². The van der Waals surface area contributed by atoms with E-state index in [2.05, 4.69) is 4.90 Å². The van der Waals surface area contributed by atoms with Crippen LogP contribution in [-0.4, -0.2) is 31.1 Å². The normalized spacial score (nSPS) is 26.2. The van der Waals surface area contributed by atoms with Crippen molar-refractivity contribution < 1.29 is 0 Å². The van der Waals surface area contributed by atoms with Gasteiger partial charge in [0.1, 0.15) is 0 Å². The maximum atomic E-state index is 5.51. The summed E-state index contributed by atoms with van der Waals surface area (Å²) in [4.78, 5) is 2.64. The number of nitrogens with two attached hydrogens (primary N) is 1. The van der Waals surface area contributed by atoms with Gasteiger partial charge >= 0.3 is 0 Å². The monoisotopic (exact) mass is 210 g/mol. The summed E-state index contributed by atoms with van der Waals surface area (Å²) in [5, 5.41) is 0. The van der Waals surface area contributed by atoms with Gasteiger partial charge in [0, 0.05) is 13.1 Å². The lowest BCUT2D eigenvalue weighted by Gasteiger charge is -2.50. The molecule has 0 bridgehead atoms. The zero-order valence-corrected chi connectivity index (χ0v) is 10.0. The molecular formula is C13H26N2. The lowest BCUT2D eigenvalue weighted by atomic mass is 9.73. The molecule has 15 heavy (non-hydrogen) atoms. The molecule has 2 aliphatic rings. The Morgan fingerprint density at radius 3 is 2.20 bits per heavy atom. The number of nitrogens with zero attached hydrogens (tertiary/aromatic N) is 1. The molecule has 2 nitrogen and oxygen atoms in total. The van der Waals surface area contributed by atoms with Gasteiger partial charge in [0.15, 0.2) is 0 Å². The van der Waals surface area contributed by atoms with Gasteiger partial charge in [-0.25, -0.2) is 0 Å². The zero-order chi connectivity index (χ0) is 10.6. The highest BCUT2D eigenvalue weighted by molar-refractivity contribution is 4.95. The van der Waals surface area contributed by atoms with Crippen LogP contribution in [0.4, 0.5) is 0 Å². The summed E-state index contributed by atoms with van der Waals surface area (Å²) in [6.45, 7) is 4.92. The van der Waals surface area contributed by atoms with Crippen LogP contribution < -0.4 is 5.73 Å². The average Bonchev–Trinajstić information content (AvgIpc) is 2.42. The van der Waals surface area contributed by atoms with Gasteiger partial charge in [-0.3, -0.25) is 0 Å². The second kappa shape index (κ2) is 5.31. The van der Waals surface area contributed by atoms with Crippen LogP contribution in [0, 0.1) is 5.41 Å². The highest BCUT2D eigenvalue weighted by Gasteiger charge is 2.41. The van der Waals surface area contributed by atoms with E-state index in [1.165, 1.54) is 71.0 Å². The highest BCUT2D eigenvalue weighted by atomic mass is 15.2. The molecule has 88 valence electrons. The van der Waals surface area contributed by atoms with Gasteiger partial charge in [-0.15, -0.1) is 0 Å². The number of hydrogen-bond donors (Lipinski definition) is 1. The number of likely N-dealkylation sites (tertiary alicyclic amines) is 1. The fourth-order valence-electron chi connectivity index (χ4n) is 3.34. The van der Waals surface area contributed by atoms with Crippen molar-refractivity contribution in [2.24, 2.45) is 11.1 Å². The van der Waals surface area contributed by atoms with Crippen LogP contribution in [0.25, 0.3) is 0 Å². The van der Waals surface area contributed by atoms with Crippen LogP contribution in [-0.2, 0) is 0 Å². The molecule has 1 saturated heterocycles. The lowest BCUT2D eigenvalue weighted by molar-refractivity contribution is -0.0122. The van der Waals surface area contributed by atoms with Crippen LogP contribution in [0.2, 0.25) is 0 Å². The fourth-order valence-corrected chi connectivity index (χ4v) is 3.34. The molecular weight excluding hydrogens is 184 g/mol. The van der Waals surface area contributed by atoms with E-state index < -0.39 is 0 Å². The summed E-state index contributed by atoms with van der Waals surface area (Å²) in [5.41, 5.74) is 6.26. The van der Waals surface area contributed by atoms with Crippen LogP contribution in [0.15, 0.2) is 0 Å². The molecule has 2 fully saturated rings. The summed E-state index contributed by atoms with van der Waals surface area (Å²) >= 11 is 0. The molecule has 0 aromatic carbocycles. The molecule has 0 atom stereocenters. The van der Waals surface area contributed by atoms with Crippen LogP contribution in [0.1, 0.15) is 51.4 Å². The first-order chi connectivity index (χ1) is 7.35. The van der Waals surface area contributed by atoms with Crippen molar-refractivity contribution in [3.63, 3.8) is 0 Å². The molecule has 1 saturated carbocycles. The smallest absolute Gasteiger partial charge is 0.00505 e. The van der Waals surface area contributed by atoms with Crippen molar-refractivity contribution in [2.75, 3.05) is 26.2 Å². The summed E-state index contributed by atoms with van der Waals surface area (Å²) in [6, 6.07) is 0. The molecule has 2 heteroatoms. The maximum Gasteiger partial charge on any atom is 0.00505 e. The predicted molar refractivity (Wildman–Crippen MR) is 64.9 cm³/mol. The SMILES string of the molecule is NCCCCN1CC2(CCCCCC2)C1. The van der Waals surface area contributed by atoms with Gasteiger partial charge in [-0.2, -0.15) is 0 Å². The minimum atomic E-state index is 0.749. The Balaban J connectivity index is 1.66. The molecule has 2 N–H and O–H groups in total.